The van der Waals surface area contributed by atoms with Crippen LogP contribution in [0.2, 0.25) is 0 Å². The zero-order chi connectivity index (χ0) is 10.5. The molecule has 0 spiro atoms. The van der Waals surface area contributed by atoms with Gasteiger partial charge in [0.1, 0.15) is 0 Å². The molecule has 1 aromatic rings. The highest BCUT2D eigenvalue weighted by Crippen LogP contribution is 2.25. The number of ether oxygens (including phenoxy) is 1. The minimum Gasteiger partial charge on any atom is -0.493 e. The number of rotatable bonds is 3. The van der Waals surface area contributed by atoms with Gasteiger partial charge in [0.15, 0.2) is 11.6 Å². The number of hydrogen-bond acceptors (Lipinski definition) is 4. The van der Waals surface area contributed by atoms with Crippen molar-refractivity contribution in [3.63, 3.8) is 0 Å². The van der Waals surface area contributed by atoms with Crippen LogP contribution in [-0.2, 0) is 0 Å². The number of hydrogen-bond donors (Lipinski definition) is 1. The Labute approximate surface area is 94.6 Å². The molecule has 1 atom stereocenters. The second kappa shape index (κ2) is 5.26. The first-order chi connectivity index (χ1) is 7.40. The van der Waals surface area contributed by atoms with Crippen LogP contribution in [0.4, 0.5) is 5.82 Å². The van der Waals surface area contributed by atoms with Crippen molar-refractivity contribution in [2.75, 3.05) is 23.9 Å². The molecule has 2 rings (SSSR count). The third-order valence-corrected chi connectivity index (χ3v) is 3.71. The summed E-state index contributed by atoms with van der Waals surface area (Å²) in [6.07, 6.45) is 4.31. The van der Waals surface area contributed by atoms with Gasteiger partial charge in [-0.05, 0) is 30.7 Å². The molecule has 1 aliphatic heterocycles. The summed E-state index contributed by atoms with van der Waals surface area (Å²) >= 11 is 2.00. The summed E-state index contributed by atoms with van der Waals surface area (Å²) in [4.78, 5) is 4.30. The first kappa shape index (κ1) is 10.6. The highest BCUT2D eigenvalue weighted by Gasteiger charge is 2.15. The van der Waals surface area contributed by atoms with Crippen molar-refractivity contribution in [3.05, 3.63) is 18.3 Å². The number of aromatic nitrogens is 1. The lowest BCUT2D eigenvalue weighted by atomic mass is 10.2. The summed E-state index contributed by atoms with van der Waals surface area (Å²) in [7, 11) is 1.68. The molecule has 4 heteroatoms. The van der Waals surface area contributed by atoms with Gasteiger partial charge in [-0.25, -0.2) is 4.98 Å². The van der Waals surface area contributed by atoms with Gasteiger partial charge in [0.25, 0.3) is 0 Å². The van der Waals surface area contributed by atoms with Gasteiger partial charge in [-0.15, -0.1) is 0 Å². The van der Waals surface area contributed by atoms with Gasteiger partial charge in [-0.1, -0.05) is 0 Å². The molecule has 1 N–H and O–H groups in total. The molecule has 0 amide bonds. The molecule has 15 heavy (non-hydrogen) atoms. The largest absolute Gasteiger partial charge is 0.493 e. The summed E-state index contributed by atoms with van der Waals surface area (Å²) in [5.74, 6) is 4.15. The number of anilines is 1. The lowest BCUT2D eigenvalue weighted by molar-refractivity contribution is 0.414. The van der Waals surface area contributed by atoms with Crippen molar-refractivity contribution < 1.29 is 4.74 Å². The van der Waals surface area contributed by atoms with Gasteiger partial charge >= 0.3 is 0 Å². The normalized spacial score (nSPS) is 21.0. The Morgan fingerprint density at radius 2 is 2.53 bits per heavy atom. The second-order valence-corrected chi connectivity index (χ2v) is 4.76. The van der Waals surface area contributed by atoms with Crippen molar-refractivity contribution in [2.24, 2.45) is 0 Å². The third kappa shape index (κ3) is 2.78. The molecule has 1 aromatic heterocycles. The van der Waals surface area contributed by atoms with Crippen LogP contribution in [-0.4, -0.2) is 29.6 Å². The Morgan fingerprint density at radius 1 is 1.60 bits per heavy atom. The van der Waals surface area contributed by atoms with E-state index in [0.29, 0.717) is 6.04 Å². The fraction of sp³-hybridized carbons (Fsp3) is 0.545. The van der Waals surface area contributed by atoms with Gasteiger partial charge in [0.05, 0.1) is 7.11 Å². The van der Waals surface area contributed by atoms with E-state index < -0.39 is 0 Å². The smallest absolute Gasteiger partial charge is 0.168 e. The van der Waals surface area contributed by atoms with E-state index in [-0.39, 0.29) is 0 Å². The fourth-order valence-corrected chi connectivity index (χ4v) is 2.78. The van der Waals surface area contributed by atoms with Crippen LogP contribution in [0.1, 0.15) is 12.8 Å². The van der Waals surface area contributed by atoms with Crippen LogP contribution in [0.3, 0.4) is 0 Å². The van der Waals surface area contributed by atoms with Crippen LogP contribution in [0.25, 0.3) is 0 Å². The zero-order valence-corrected chi connectivity index (χ0v) is 9.72. The Balaban J connectivity index is 2.02. The lowest BCUT2D eigenvalue weighted by Gasteiger charge is -2.23. The topological polar surface area (TPSA) is 34.1 Å². The molecule has 0 bridgehead atoms. The SMILES string of the molecule is COc1cccnc1NC1CCCSC1. The van der Waals surface area contributed by atoms with Gasteiger partial charge in [0, 0.05) is 18.0 Å². The van der Waals surface area contributed by atoms with Crippen molar-refractivity contribution in [1.82, 2.24) is 4.98 Å². The monoisotopic (exact) mass is 224 g/mol. The highest BCUT2D eigenvalue weighted by molar-refractivity contribution is 7.99. The van der Waals surface area contributed by atoms with Gasteiger partial charge < -0.3 is 10.1 Å². The molecule has 82 valence electrons. The Hall–Kier alpha value is -0.900. The lowest BCUT2D eigenvalue weighted by Crippen LogP contribution is -2.26. The second-order valence-electron chi connectivity index (χ2n) is 3.61. The summed E-state index contributed by atoms with van der Waals surface area (Å²) in [5, 5.41) is 3.44. The van der Waals surface area contributed by atoms with E-state index in [2.05, 4.69) is 10.3 Å². The van der Waals surface area contributed by atoms with Gasteiger partial charge in [-0.2, -0.15) is 11.8 Å². The molecule has 0 aromatic carbocycles. The van der Waals surface area contributed by atoms with Crippen molar-refractivity contribution in [2.45, 2.75) is 18.9 Å². The molecule has 0 radical (unpaired) electrons. The molecule has 1 unspecified atom stereocenters. The Kier molecular flexibility index (Phi) is 3.72. The predicted octanol–water partition coefficient (Wildman–Crippen LogP) is 2.40. The van der Waals surface area contributed by atoms with Crippen LogP contribution in [0.15, 0.2) is 18.3 Å². The van der Waals surface area contributed by atoms with E-state index in [9.17, 15) is 0 Å². The van der Waals surface area contributed by atoms with Crippen LogP contribution in [0, 0.1) is 0 Å². The van der Waals surface area contributed by atoms with Gasteiger partial charge in [0.2, 0.25) is 0 Å². The Morgan fingerprint density at radius 3 is 3.27 bits per heavy atom. The van der Waals surface area contributed by atoms with E-state index >= 15 is 0 Å². The van der Waals surface area contributed by atoms with Gasteiger partial charge in [-0.3, -0.25) is 0 Å². The number of thioether (sulfide) groups is 1. The average Bonchev–Trinajstić information content (AvgIpc) is 2.31. The summed E-state index contributed by atoms with van der Waals surface area (Å²) in [6.45, 7) is 0. The fourth-order valence-electron chi connectivity index (χ4n) is 1.71. The average molecular weight is 224 g/mol. The van der Waals surface area contributed by atoms with E-state index in [1.54, 1.807) is 13.3 Å². The van der Waals surface area contributed by atoms with E-state index in [4.69, 9.17) is 4.74 Å². The number of pyridine rings is 1. The molecular weight excluding hydrogens is 208 g/mol. The minimum atomic E-state index is 0.535. The number of methoxy groups -OCH3 is 1. The maximum atomic E-state index is 5.26. The van der Waals surface area contributed by atoms with Crippen LogP contribution < -0.4 is 10.1 Å². The molecule has 0 aliphatic carbocycles. The standard InChI is InChI=1S/C11H16N2OS/c1-14-10-5-2-6-12-11(10)13-9-4-3-7-15-8-9/h2,5-6,9H,3-4,7-8H2,1H3,(H,12,13). The molecule has 2 heterocycles. The van der Waals surface area contributed by atoms with E-state index in [0.717, 1.165) is 11.6 Å². The summed E-state index contributed by atoms with van der Waals surface area (Å²) in [6, 6.07) is 4.36. The van der Waals surface area contributed by atoms with Crippen LogP contribution >= 0.6 is 11.8 Å². The predicted molar refractivity (Wildman–Crippen MR) is 64.8 cm³/mol. The molecule has 1 saturated heterocycles. The zero-order valence-electron chi connectivity index (χ0n) is 8.90. The minimum absolute atomic E-state index is 0.535. The highest BCUT2D eigenvalue weighted by atomic mass is 32.2. The van der Waals surface area contributed by atoms with Crippen LogP contribution in [0.5, 0.6) is 5.75 Å². The van der Waals surface area contributed by atoms with Crippen molar-refractivity contribution in [3.8, 4) is 5.75 Å². The maximum absolute atomic E-state index is 5.26. The molecule has 3 nitrogen and oxygen atoms in total. The molecule has 1 aliphatic rings. The first-order valence-corrected chi connectivity index (χ1v) is 6.39. The number of nitrogens with zero attached hydrogens (tertiary/aromatic N) is 1. The van der Waals surface area contributed by atoms with E-state index in [1.165, 1.54) is 24.3 Å². The molecular formula is C11H16N2OS. The summed E-state index contributed by atoms with van der Waals surface area (Å²) < 4.78 is 5.26. The molecule has 0 saturated carbocycles. The third-order valence-electron chi connectivity index (χ3n) is 2.49. The number of nitrogens with one attached hydrogen (secondary N) is 1. The Bertz CT molecular complexity index is 313. The quantitative estimate of drug-likeness (QED) is 0.855. The first-order valence-electron chi connectivity index (χ1n) is 5.23. The van der Waals surface area contributed by atoms with Crippen molar-refractivity contribution >= 4 is 17.6 Å². The summed E-state index contributed by atoms with van der Waals surface area (Å²) in [5.41, 5.74) is 0. The maximum Gasteiger partial charge on any atom is 0.168 e. The van der Waals surface area contributed by atoms with Crippen molar-refractivity contribution in [1.29, 1.82) is 0 Å². The van der Waals surface area contributed by atoms with E-state index in [1.807, 2.05) is 23.9 Å². The molecule has 1 fully saturated rings.